The van der Waals surface area contributed by atoms with E-state index >= 15 is 0 Å². The highest BCUT2D eigenvalue weighted by Gasteiger charge is 2.32. The Morgan fingerprint density at radius 1 is 1.28 bits per heavy atom. The van der Waals surface area contributed by atoms with Crippen molar-refractivity contribution in [2.45, 2.75) is 19.4 Å². The molecule has 3 aromatic rings. The molecule has 29 heavy (non-hydrogen) atoms. The molecule has 0 radical (unpaired) electrons. The number of amides is 1. The van der Waals surface area contributed by atoms with Gasteiger partial charge in [-0.2, -0.15) is 0 Å². The third-order valence-corrected chi connectivity index (χ3v) is 4.88. The van der Waals surface area contributed by atoms with E-state index in [1.807, 2.05) is 49.5 Å². The molecule has 7 nitrogen and oxygen atoms in total. The Hall–Kier alpha value is -3.61. The number of H-pyrrole nitrogens is 1. The largest absolute Gasteiger partial charge is 0.457 e. The molecule has 1 aliphatic carbocycles. The van der Waals surface area contributed by atoms with Gasteiger partial charge in [-0.3, -0.25) is 4.79 Å². The van der Waals surface area contributed by atoms with Gasteiger partial charge in [0.15, 0.2) is 0 Å². The zero-order valence-electron chi connectivity index (χ0n) is 16.2. The Bertz CT molecular complexity index is 1080. The Balaban J connectivity index is 1.46. The first-order valence-electron chi connectivity index (χ1n) is 9.51. The fraction of sp³-hybridized carbons (Fsp3) is 0.227. The molecule has 4 N–H and O–H groups in total. The predicted octanol–water partition coefficient (Wildman–Crippen LogP) is 3.67. The second-order valence-corrected chi connectivity index (χ2v) is 7.25. The lowest BCUT2D eigenvalue weighted by Crippen LogP contribution is -2.27. The lowest BCUT2D eigenvalue weighted by atomic mass is 10.1. The molecule has 148 valence electrons. The Kier molecular flexibility index (Phi) is 5.03. The maximum atomic E-state index is 12.1. The van der Waals surface area contributed by atoms with Crippen molar-refractivity contribution in [3.05, 3.63) is 59.9 Å². The van der Waals surface area contributed by atoms with E-state index in [-0.39, 0.29) is 11.8 Å². The van der Waals surface area contributed by atoms with Crippen LogP contribution in [0.5, 0.6) is 11.5 Å². The number of carbonyl (C=O) groups excluding carboxylic acids is 1. The molecule has 2 aromatic carbocycles. The van der Waals surface area contributed by atoms with Crippen LogP contribution in [0.15, 0.2) is 48.5 Å². The normalized spacial score (nSPS) is 14.0. The quantitative estimate of drug-likeness (QED) is 0.536. The van der Waals surface area contributed by atoms with E-state index in [1.165, 1.54) is 6.08 Å². The molecule has 1 aromatic heterocycles. The number of hydrogen-bond acceptors (Lipinski definition) is 5. The van der Waals surface area contributed by atoms with Crippen LogP contribution in [-0.4, -0.2) is 34.0 Å². The number of nitrogens with one attached hydrogen (secondary N) is 2. The number of fused-ring (bicyclic) bond motifs is 1. The number of benzene rings is 2. The van der Waals surface area contributed by atoms with Gasteiger partial charge in [-0.15, -0.1) is 0 Å². The SMILES string of the molecule is CN(Cc1nc2ccc(Oc3ccc(/C(N)=C/C=N)cc3)cc2[nH]1)C(=O)C1CC1. The van der Waals surface area contributed by atoms with Crippen molar-refractivity contribution in [2.75, 3.05) is 7.05 Å². The predicted molar refractivity (Wildman–Crippen MR) is 113 cm³/mol. The molecule has 1 aliphatic rings. The summed E-state index contributed by atoms with van der Waals surface area (Å²) in [4.78, 5) is 21.7. The lowest BCUT2D eigenvalue weighted by molar-refractivity contribution is -0.131. The van der Waals surface area contributed by atoms with E-state index < -0.39 is 0 Å². The summed E-state index contributed by atoms with van der Waals surface area (Å²) >= 11 is 0. The second-order valence-electron chi connectivity index (χ2n) is 7.25. The van der Waals surface area contributed by atoms with E-state index in [0.29, 0.717) is 23.7 Å². The van der Waals surface area contributed by atoms with E-state index in [9.17, 15) is 4.79 Å². The van der Waals surface area contributed by atoms with Crippen LogP contribution in [0.1, 0.15) is 24.2 Å². The molecule has 1 heterocycles. The molecule has 4 rings (SSSR count). The average Bonchev–Trinajstić information content (AvgIpc) is 3.48. The van der Waals surface area contributed by atoms with Gasteiger partial charge in [0.05, 0.1) is 17.6 Å². The molecular formula is C22H23N5O2. The summed E-state index contributed by atoms with van der Waals surface area (Å²) in [6.45, 7) is 0.465. The summed E-state index contributed by atoms with van der Waals surface area (Å²) in [7, 11) is 1.82. The molecular weight excluding hydrogens is 366 g/mol. The number of nitrogens with two attached hydrogens (primary N) is 1. The van der Waals surface area contributed by atoms with Gasteiger partial charge in [-0.1, -0.05) is 0 Å². The zero-order chi connectivity index (χ0) is 20.4. The van der Waals surface area contributed by atoms with Crippen molar-refractivity contribution < 1.29 is 9.53 Å². The fourth-order valence-corrected chi connectivity index (χ4v) is 3.16. The van der Waals surface area contributed by atoms with Gasteiger partial charge in [0.25, 0.3) is 0 Å². The van der Waals surface area contributed by atoms with Gasteiger partial charge < -0.3 is 25.8 Å². The second kappa shape index (κ2) is 7.79. The van der Waals surface area contributed by atoms with Gasteiger partial charge in [-0.25, -0.2) is 4.98 Å². The number of rotatable bonds is 7. The van der Waals surface area contributed by atoms with Crippen LogP contribution in [0.3, 0.4) is 0 Å². The smallest absolute Gasteiger partial charge is 0.225 e. The molecule has 0 saturated heterocycles. The van der Waals surface area contributed by atoms with Gasteiger partial charge in [0.1, 0.15) is 17.3 Å². The maximum absolute atomic E-state index is 12.1. The van der Waals surface area contributed by atoms with Crippen LogP contribution in [0.4, 0.5) is 0 Å². The van der Waals surface area contributed by atoms with Crippen LogP contribution in [0, 0.1) is 11.3 Å². The molecule has 7 heteroatoms. The minimum Gasteiger partial charge on any atom is -0.457 e. The van der Waals surface area contributed by atoms with Crippen molar-refractivity contribution >= 4 is 28.9 Å². The highest BCUT2D eigenvalue weighted by molar-refractivity contribution is 5.82. The summed E-state index contributed by atoms with van der Waals surface area (Å²) < 4.78 is 5.93. The molecule has 1 saturated carbocycles. The minimum atomic E-state index is 0.189. The fourth-order valence-electron chi connectivity index (χ4n) is 3.16. The number of aromatic nitrogens is 2. The number of nitrogens with zero attached hydrogens (tertiary/aromatic N) is 2. The first-order valence-corrected chi connectivity index (χ1v) is 9.51. The van der Waals surface area contributed by atoms with E-state index in [4.69, 9.17) is 15.9 Å². The summed E-state index contributed by atoms with van der Waals surface area (Å²) in [6.07, 6.45) is 4.69. The van der Waals surface area contributed by atoms with Gasteiger partial charge in [-0.05, 0) is 60.9 Å². The van der Waals surface area contributed by atoms with Crippen LogP contribution < -0.4 is 10.5 Å². The Labute approximate surface area is 168 Å². The van der Waals surface area contributed by atoms with Crippen molar-refractivity contribution in [3.8, 4) is 11.5 Å². The number of aromatic amines is 1. The monoisotopic (exact) mass is 389 g/mol. The zero-order valence-corrected chi connectivity index (χ0v) is 16.2. The third kappa shape index (κ3) is 4.29. The summed E-state index contributed by atoms with van der Waals surface area (Å²) in [5, 5.41) is 7.09. The highest BCUT2D eigenvalue weighted by atomic mass is 16.5. The van der Waals surface area contributed by atoms with Crippen molar-refractivity contribution in [3.63, 3.8) is 0 Å². The van der Waals surface area contributed by atoms with Gasteiger partial charge in [0.2, 0.25) is 5.91 Å². The first kappa shape index (κ1) is 18.7. The summed E-state index contributed by atoms with van der Waals surface area (Å²) in [6, 6.07) is 13.0. The third-order valence-electron chi connectivity index (χ3n) is 4.88. The van der Waals surface area contributed by atoms with Crippen molar-refractivity contribution in [1.29, 1.82) is 5.41 Å². The van der Waals surface area contributed by atoms with Crippen LogP contribution in [0.2, 0.25) is 0 Å². The number of imidazole rings is 1. The molecule has 0 bridgehead atoms. The van der Waals surface area contributed by atoms with Crippen molar-refractivity contribution in [2.24, 2.45) is 11.7 Å². The number of ether oxygens (including phenoxy) is 1. The van der Waals surface area contributed by atoms with Crippen LogP contribution in [-0.2, 0) is 11.3 Å². The molecule has 1 amide bonds. The highest BCUT2D eigenvalue weighted by Crippen LogP contribution is 2.31. The number of carbonyl (C=O) groups is 1. The average molecular weight is 389 g/mol. The number of hydrogen-bond donors (Lipinski definition) is 3. The van der Waals surface area contributed by atoms with E-state index in [1.54, 1.807) is 4.90 Å². The van der Waals surface area contributed by atoms with Gasteiger partial charge in [0, 0.05) is 30.9 Å². The molecule has 0 spiro atoms. The first-order chi connectivity index (χ1) is 14.0. The number of allylic oxidation sites excluding steroid dienone is 1. The lowest BCUT2D eigenvalue weighted by Gasteiger charge is -2.14. The standard InChI is InChI=1S/C22H23N5O2/c1-27(22(28)15-2-3-15)13-21-25-19-9-8-17(12-20(19)26-21)29-16-6-4-14(5-7-16)18(24)10-11-23/h4-12,15,23H,2-3,13,24H2,1H3,(H,25,26)/b18-10-,23-11?. The Morgan fingerprint density at radius 3 is 2.69 bits per heavy atom. The maximum Gasteiger partial charge on any atom is 0.225 e. The van der Waals surface area contributed by atoms with Crippen LogP contribution in [0.25, 0.3) is 16.7 Å². The summed E-state index contributed by atoms with van der Waals surface area (Å²) in [5.41, 5.74) is 8.94. The summed E-state index contributed by atoms with van der Waals surface area (Å²) in [5.74, 6) is 2.52. The van der Waals surface area contributed by atoms with Gasteiger partial charge >= 0.3 is 0 Å². The molecule has 0 atom stereocenters. The molecule has 0 unspecified atom stereocenters. The van der Waals surface area contributed by atoms with E-state index in [0.717, 1.165) is 41.5 Å². The molecule has 1 fully saturated rings. The molecule has 0 aliphatic heterocycles. The van der Waals surface area contributed by atoms with Crippen LogP contribution >= 0.6 is 0 Å². The topological polar surface area (TPSA) is 108 Å². The van der Waals surface area contributed by atoms with Crippen molar-refractivity contribution in [1.82, 2.24) is 14.9 Å². The Morgan fingerprint density at radius 2 is 2.00 bits per heavy atom. The van der Waals surface area contributed by atoms with E-state index in [2.05, 4.69) is 9.97 Å². The minimum absolute atomic E-state index is 0.189.